The van der Waals surface area contributed by atoms with Crippen LogP contribution in [0.25, 0.3) is 0 Å². The van der Waals surface area contributed by atoms with E-state index < -0.39 is 28.5 Å². The topological polar surface area (TPSA) is 86.8 Å². The molecule has 0 aliphatic rings. The molecule has 208 valence electrons. The summed E-state index contributed by atoms with van der Waals surface area (Å²) in [6.45, 7) is 11.0. The molecule has 0 aliphatic carbocycles. The van der Waals surface area contributed by atoms with Crippen molar-refractivity contribution in [1.82, 2.24) is 10.2 Å². The molecular weight excluding hydrogens is 510 g/mol. The summed E-state index contributed by atoms with van der Waals surface area (Å²) in [5, 5.41) is 2.95. The van der Waals surface area contributed by atoms with Crippen molar-refractivity contribution in [3.05, 3.63) is 95.1 Å². The van der Waals surface area contributed by atoms with Gasteiger partial charge in [0.25, 0.3) is 10.0 Å². The number of amides is 2. The van der Waals surface area contributed by atoms with E-state index in [0.717, 1.165) is 33.0 Å². The van der Waals surface area contributed by atoms with Crippen LogP contribution >= 0.6 is 0 Å². The summed E-state index contributed by atoms with van der Waals surface area (Å²) in [5.74, 6) is -0.754. The second-order valence-corrected chi connectivity index (χ2v) is 12.0. The minimum atomic E-state index is -4.08. The van der Waals surface area contributed by atoms with E-state index in [1.165, 1.54) is 17.0 Å². The average Bonchev–Trinajstić information content (AvgIpc) is 2.91. The monoisotopic (exact) mass is 549 g/mol. The standard InChI is InChI=1S/C31H39N3O4S/c1-7-25(5)32-31(36)26(6)33(20-27-16-13-22(2)14-17-27)30(35)21-34(29-18-15-23(3)19-24(29)4)39(37,38)28-11-9-8-10-12-28/h8-19,25-26H,7,20-21H2,1-6H3,(H,32,36). The minimum absolute atomic E-state index is 0.0542. The summed E-state index contributed by atoms with van der Waals surface area (Å²) in [7, 11) is -4.08. The number of hydrogen-bond donors (Lipinski definition) is 1. The van der Waals surface area contributed by atoms with Gasteiger partial charge < -0.3 is 10.2 Å². The average molecular weight is 550 g/mol. The number of rotatable bonds is 11. The van der Waals surface area contributed by atoms with Crippen LogP contribution in [0.2, 0.25) is 0 Å². The Morgan fingerprint density at radius 2 is 1.49 bits per heavy atom. The van der Waals surface area contributed by atoms with Gasteiger partial charge in [0, 0.05) is 12.6 Å². The predicted octanol–water partition coefficient (Wildman–Crippen LogP) is 5.14. The number of anilines is 1. The van der Waals surface area contributed by atoms with Gasteiger partial charge in [-0.15, -0.1) is 0 Å². The van der Waals surface area contributed by atoms with Crippen molar-refractivity contribution in [3.63, 3.8) is 0 Å². The molecule has 0 aromatic heterocycles. The highest BCUT2D eigenvalue weighted by Gasteiger charge is 2.33. The molecule has 3 aromatic rings. The minimum Gasteiger partial charge on any atom is -0.352 e. The van der Waals surface area contributed by atoms with Gasteiger partial charge in [0.15, 0.2) is 0 Å². The molecule has 2 amide bonds. The maximum atomic E-state index is 14.0. The third-order valence-electron chi connectivity index (χ3n) is 6.87. The number of hydrogen-bond acceptors (Lipinski definition) is 4. The highest BCUT2D eigenvalue weighted by Crippen LogP contribution is 2.28. The molecule has 3 aromatic carbocycles. The first kappa shape index (κ1) is 29.9. The van der Waals surface area contributed by atoms with E-state index >= 15 is 0 Å². The fourth-order valence-electron chi connectivity index (χ4n) is 4.26. The van der Waals surface area contributed by atoms with Crippen LogP contribution < -0.4 is 9.62 Å². The van der Waals surface area contributed by atoms with Crippen LogP contribution in [-0.4, -0.2) is 43.8 Å². The van der Waals surface area contributed by atoms with Gasteiger partial charge in [0.2, 0.25) is 11.8 Å². The molecule has 0 heterocycles. The van der Waals surface area contributed by atoms with E-state index in [1.54, 1.807) is 31.2 Å². The van der Waals surface area contributed by atoms with Crippen molar-refractivity contribution in [2.24, 2.45) is 0 Å². The number of sulfonamides is 1. The first-order chi connectivity index (χ1) is 18.4. The van der Waals surface area contributed by atoms with Crippen LogP contribution in [0.5, 0.6) is 0 Å². The van der Waals surface area contributed by atoms with Crippen LogP contribution in [0.3, 0.4) is 0 Å². The number of carbonyl (C=O) groups excluding carboxylic acids is 2. The zero-order chi connectivity index (χ0) is 28.7. The van der Waals surface area contributed by atoms with Crippen molar-refractivity contribution in [2.45, 2.75) is 71.5 Å². The van der Waals surface area contributed by atoms with E-state index in [-0.39, 0.29) is 23.4 Å². The molecule has 7 nitrogen and oxygen atoms in total. The molecule has 0 saturated carbocycles. The van der Waals surface area contributed by atoms with Gasteiger partial charge in [-0.3, -0.25) is 13.9 Å². The van der Waals surface area contributed by atoms with E-state index in [2.05, 4.69) is 5.32 Å². The molecule has 0 saturated heterocycles. The summed E-state index contributed by atoms with van der Waals surface area (Å²) in [5.41, 5.74) is 4.06. The van der Waals surface area contributed by atoms with E-state index in [4.69, 9.17) is 0 Å². The van der Waals surface area contributed by atoms with E-state index in [9.17, 15) is 18.0 Å². The molecule has 0 bridgehead atoms. The molecule has 3 rings (SSSR count). The zero-order valence-corrected chi connectivity index (χ0v) is 24.5. The van der Waals surface area contributed by atoms with Gasteiger partial charge in [0.05, 0.1) is 10.6 Å². The Bertz CT molecular complexity index is 1390. The summed E-state index contributed by atoms with van der Waals surface area (Å²) in [6.07, 6.45) is 0.750. The molecule has 2 atom stereocenters. The summed E-state index contributed by atoms with van der Waals surface area (Å²) >= 11 is 0. The van der Waals surface area contributed by atoms with Crippen molar-refractivity contribution in [1.29, 1.82) is 0 Å². The molecule has 39 heavy (non-hydrogen) atoms. The SMILES string of the molecule is CCC(C)NC(=O)C(C)N(Cc1ccc(C)cc1)C(=O)CN(c1ccc(C)cc1C)S(=O)(=O)c1ccccc1. The normalized spacial score (nSPS) is 12.9. The Morgan fingerprint density at radius 3 is 2.08 bits per heavy atom. The Kier molecular flexibility index (Phi) is 9.92. The van der Waals surface area contributed by atoms with Gasteiger partial charge in [-0.1, -0.05) is 72.6 Å². The lowest BCUT2D eigenvalue weighted by Crippen LogP contribution is -2.52. The van der Waals surface area contributed by atoms with Gasteiger partial charge in [-0.05, 0) is 70.4 Å². The fraction of sp³-hybridized carbons (Fsp3) is 0.355. The Hall–Kier alpha value is -3.65. The third kappa shape index (κ3) is 7.47. The maximum absolute atomic E-state index is 14.0. The molecule has 8 heteroatoms. The lowest BCUT2D eigenvalue weighted by molar-refractivity contribution is -0.139. The third-order valence-corrected chi connectivity index (χ3v) is 8.65. The second-order valence-electron chi connectivity index (χ2n) is 10.1. The molecule has 0 fully saturated rings. The van der Waals surface area contributed by atoms with Crippen molar-refractivity contribution < 1.29 is 18.0 Å². The van der Waals surface area contributed by atoms with E-state index in [0.29, 0.717) is 5.69 Å². The molecule has 0 radical (unpaired) electrons. The fourth-order valence-corrected chi connectivity index (χ4v) is 5.76. The highest BCUT2D eigenvalue weighted by atomic mass is 32.2. The first-order valence-corrected chi connectivity index (χ1v) is 14.7. The lowest BCUT2D eigenvalue weighted by atomic mass is 10.1. The van der Waals surface area contributed by atoms with Crippen molar-refractivity contribution in [2.75, 3.05) is 10.8 Å². The maximum Gasteiger partial charge on any atom is 0.264 e. The molecule has 0 aliphatic heterocycles. The number of nitrogens with one attached hydrogen (secondary N) is 1. The summed E-state index contributed by atoms with van der Waals surface area (Å²) < 4.78 is 28.9. The van der Waals surface area contributed by atoms with Crippen LogP contribution in [0.4, 0.5) is 5.69 Å². The molecule has 1 N–H and O–H groups in total. The predicted molar refractivity (Wildman–Crippen MR) is 156 cm³/mol. The van der Waals surface area contributed by atoms with Gasteiger partial charge >= 0.3 is 0 Å². The lowest BCUT2D eigenvalue weighted by Gasteiger charge is -2.33. The van der Waals surface area contributed by atoms with Gasteiger partial charge in [-0.2, -0.15) is 0 Å². The second kappa shape index (κ2) is 12.9. The zero-order valence-electron chi connectivity index (χ0n) is 23.6. The molecular formula is C31H39N3O4S. The van der Waals surface area contributed by atoms with Crippen LogP contribution in [0.1, 0.15) is 49.4 Å². The van der Waals surface area contributed by atoms with Crippen molar-refractivity contribution >= 4 is 27.5 Å². The van der Waals surface area contributed by atoms with Crippen LogP contribution in [0, 0.1) is 20.8 Å². The van der Waals surface area contributed by atoms with Crippen LogP contribution in [0.15, 0.2) is 77.7 Å². The largest absolute Gasteiger partial charge is 0.352 e. The molecule has 0 spiro atoms. The molecule has 2 unspecified atom stereocenters. The van der Waals surface area contributed by atoms with Crippen molar-refractivity contribution in [3.8, 4) is 0 Å². The number of benzene rings is 3. The van der Waals surface area contributed by atoms with Crippen LogP contribution in [-0.2, 0) is 26.2 Å². The van der Waals surface area contributed by atoms with Gasteiger partial charge in [-0.25, -0.2) is 8.42 Å². The highest BCUT2D eigenvalue weighted by molar-refractivity contribution is 7.92. The number of carbonyl (C=O) groups is 2. The summed E-state index contributed by atoms with van der Waals surface area (Å²) in [4.78, 5) is 28.7. The van der Waals surface area contributed by atoms with Gasteiger partial charge in [0.1, 0.15) is 12.6 Å². The number of aryl methyl sites for hydroxylation is 3. The smallest absolute Gasteiger partial charge is 0.264 e. The summed E-state index contributed by atoms with van der Waals surface area (Å²) in [6, 6.07) is 20.4. The number of nitrogens with zero attached hydrogens (tertiary/aromatic N) is 2. The quantitative estimate of drug-likeness (QED) is 0.359. The Labute approximate surface area is 232 Å². The Balaban J connectivity index is 2.04. The van der Waals surface area contributed by atoms with E-state index in [1.807, 2.05) is 71.0 Å². The first-order valence-electron chi connectivity index (χ1n) is 13.2. The Morgan fingerprint density at radius 1 is 0.872 bits per heavy atom.